The van der Waals surface area contributed by atoms with E-state index >= 15 is 0 Å². The average molecular weight is 397 g/mol. The van der Waals surface area contributed by atoms with Gasteiger partial charge in [-0.05, 0) is 31.5 Å². The molecule has 1 saturated heterocycles. The van der Waals surface area contributed by atoms with Crippen LogP contribution in [0.15, 0.2) is 42.5 Å². The molecule has 0 unspecified atom stereocenters. The fourth-order valence-electron chi connectivity index (χ4n) is 3.23. The first-order valence-electron chi connectivity index (χ1n) is 9.96. The van der Waals surface area contributed by atoms with Crippen LogP contribution < -0.4 is 4.90 Å². The van der Waals surface area contributed by atoms with Gasteiger partial charge in [0.15, 0.2) is 11.5 Å². The van der Waals surface area contributed by atoms with Crippen LogP contribution >= 0.6 is 0 Å². The van der Waals surface area contributed by atoms with Gasteiger partial charge in [-0.15, -0.1) is 10.2 Å². The van der Waals surface area contributed by atoms with E-state index in [-0.39, 0.29) is 12.0 Å². The van der Waals surface area contributed by atoms with Gasteiger partial charge in [-0.2, -0.15) is 0 Å². The fraction of sp³-hybridized carbons (Fsp3) is 0.429. The smallest absolute Gasteiger partial charge is 0.409 e. The van der Waals surface area contributed by atoms with E-state index in [9.17, 15) is 9.59 Å². The first-order chi connectivity index (χ1) is 14.1. The van der Waals surface area contributed by atoms with Gasteiger partial charge in [0.1, 0.15) is 0 Å². The van der Waals surface area contributed by atoms with Gasteiger partial charge < -0.3 is 19.4 Å². The Morgan fingerprint density at radius 1 is 1.00 bits per heavy atom. The first kappa shape index (κ1) is 20.6. The minimum absolute atomic E-state index is 0.137. The molecule has 8 nitrogen and oxygen atoms in total. The standard InChI is InChI=1S/C21H27N5O3/c1-3-24(16-17-8-6-5-7-9-17)20(27)18-10-11-19(23-22-18)25-12-14-26(15-13-25)21(28)29-4-2/h5-11H,3-4,12-16H2,1-2H3. The molecular weight excluding hydrogens is 370 g/mol. The molecule has 0 spiro atoms. The van der Waals surface area contributed by atoms with E-state index in [2.05, 4.69) is 15.1 Å². The lowest BCUT2D eigenvalue weighted by atomic mass is 10.2. The van der Waals surface area contributed by atoms with Gasteiger partial charge >= 0.3 is 6.09 Å². The Balaban J connectivity index is 1.59. The summed E-state index contributed by atoms with van der Waals surface area (Å²) in [5.74, 6) is 0.568. The molecule has 3 rings (SSSR count). The number of aromatic nitrogens is 2. The van der Waals surface area contributed by atoms with E-state index in [1.165, 1.54) is 0 Å². The molecular formula is C21H27N5O3. The molecule has 0 saturated carbocycles. The van der Waals surface area contributed by atoms with Crippen molar-refractivity contribution in [1.82, 2.24) is 20.0 Å². The zero-order valence-corrected chi connectivity index (χ0v) is 17.0. The number of carbonyl (C=O) groups is 2. The molecule has 1 aliphatic rings. The van der Waals surface area contributed by atoms with E-state index in [1.54, 1.807) is 22.8 Å². The Hall–Kier alpha value is -3.16. The fourth-order valence-corrected chi connectivity index (χ4v) is 3.23. The lowest BCUT2D eigenvalue weighted by Crippen LogP contribution is -2.49. The summed E-state index contributed by atoms with van der Waals surface area (Å²) in [5.41, 5.74) is 1.41. The van der Waals surface area contributed by atoms with Crippen molar-refractivity contribution < 1.29 is 14.3 Å². The van der Waals surface area contributed by atoms with Crippen LogP contribution in [0.2, 0.25) is 0 Å². The summed E-state index contributed by atoms with van der Waals surface area (Å²) in [5, 5.41) is 8.41. The zero-order valence-electron chi connectivity index (χ0n) is 17.0. The number of hydrogen-bond acceptors (Lipinski definition) is 6. The van der Waals surface area contributed by atoms with Crippen LogP contribution in [-0.4, -0.2) is 71.3 Å². The molecule has 1 aromatic heterocycles. The predicted octanol–water partition coefficient (Wildman–Crippen LogP) is 2.42. The van der Waals surface area contributed by atoms with Gasteiger partial charge in [-0.3, -0.25) is 4.79 Å². The van der Waals surface area contributed by atoms with E-state index in [0.29, 0.717) is 57.4 Å². The van der Waals surface area contributed by atoms with Crippen LogP contribution in [0.4, 0.5) is 10.6 Å². The highest BCUT2D eigenvalue weighted by Gasteiger charge is 2.23. The summed E-state index contributed by atoms with van der Waals surface area (Å²) in [7, 11) is 0. The molecule has 0 N–H and O–H groups in total. The van der Waals surface area contributed by atoms with Crippen molar-refractivity contribution in [2.45, 2.75) is 20.4 Å². The first-order valence-corrected chi connectivity index (χ1v) is 9.96. The molecule has 0 radical (unpaired) electrons. The van der Waals surface area contributed by atoms with Crippen molar-refractivity contribution in [3.05, 3.63) is 53.7 Å². The molecule has 0 aliphatic carbocycles. The van der Waals surface area contributed by atoms with Crippen LogP contribution in [0.5, 0.6) is 0 Å². The molecule has 2 aromatic rings. The number of hydrogen-bond donors (Lipinski definition) is 0. The van der Waals surface area contributed by atoms with Gasteiger partial charge in [0, 0.05) is 39.3 Å². The number of carbonyl (C=O) groups excluding carboxylic acids is 2. The number of piperazine rings is 1. The molecule has 1 aliphatic heterocycles. The van der Waals surface area contributed by atoms with E-state index in [1.807, 2.05) is 43.3 Å². The number of ether oxygens (including phenoxy) is 1. The number of amides is 2. The van der Waals surface area contributed by atoms with Crippen LogP contribution in [0.25, 0.3) is 0 Å². The Morgan fingerprint density at radius 3 is 2.31 bits per heavy atom. The van der Waals surface area contributed by atoms with Crippen molar-refractivity contribution in [1.29, 1.82) is 0 Å². The second-order valence-corrected chi connectivity index (χ2v) is 6.75. The Morgan fingerprint density at radius 2 is 1.72 bits per heavy atom. The molecule has 8 heteroatoms. The SMILES string of the molecule is CCOC(=O)N1CCN(c2ccc(C(=O)N(CC)Cc3ccccc3)nn2)CC1. The highest BCUT2D eigenvalue weighted by Crippen LogP contribution is 2.15. The Bertz CT molecular complexity index is 805. The van der Waals surface area contributed by atoms with Gasteiger partial charge in [0.2, 0.25) is 0 Å². The zero-order chi connectivity index (χ0) is 20.6. The van der Waals surface area contributed by atoms with Crippen LogP contribution in [0, 0.1) is 0 Å². The van der Waals surface area contributed by atoms with Crippen LogP contribution in [0.3, 0.4) is 0 Å². The summed E-state index contributed by atoms with van der Waals surface area (Å²) >= 11 is 0. The van der Waals surface area contributed by atoms with Crippen LogP contribution in [-0.2, 0) is 11.3 Å². The molecule has 154 valence electrons. The quantitative estimate of drug-likeness (QED) is 0.745. The second kappa shape index (κ2) is 9.86. The lowest BCUT2D eigenvalue weighted by Gasteiger charge is -2.34. The maximum atomic E-state index is 12.8. The molecule has 29 heavy (non-hydrogen) atoms. The van der Waals surface area contributed by atoms with Crippen molar-refractivity contribution in [3.8, 4) is 0 Å². The highest BCUT2D eigenvalue weighted by atomic mass is 16.6. The minimum atomic E-state index is -0.280. The van der Waals surface area contributed by atoms with Gasteiger partial charge in [-0.1, -0.05) is 30.3 Å². The Labute approximate surface area is 171 Å². The molecule has 1 aromatic carbocycles. The monoisotopic (exact) mass is 397 g/mol. The highest BCUT2D eigenvalue weighted by molar-refractivity contribution is 5.92. The Kier molecular flexibility index (Phi) is 6.99. The van der Waals surface area contributed by atoms with E-state index in [4.69, 9.17) is 4.74 Å². The summed E-state index contributed by atoms with van der Waals surface area (Å²) < 4.78 is 5.04. The number of benzene rings is 1. The number of rotatable bonds is 6. The summed E-state index contributed by atoms with van der Waals surface area (Å²) in [6.07, 6.45) is -0.280. The maximum absolute atomic E-state index is 12.8. The number of nitrogens with zero attached hydrogens (tertiary/aromatic N) is 5. The third-order valence-corrected chi connectivity index (χ3v) is 4.88. The minimum Gasteiger partial charge on any atom is -0.450 e. The topological polar surface area (TPSA) is 78.9 Å². The van der Waals surface area contributed by atoms with Gasteiger partial charge in [0.25, 0.3) is 5.91 Å². The van der Waals surface area contributed by atoms with Crippen molar-refractivity contribution >= 4 is 17.8 Å². The van der Waals surface area contributed by atoms with Crippen molar-refractivity contribution in [3.63, 3.8) is 0 Å². The van der Waals surface area contributed by atoms with Gasteiger partial charge in [0.05, 0.1) is 6.61 Å². The normalized spacial score (nSPS) is 13.9. The third-order valence-electron chi connectivity index (χ3n) is 4.88. The summed E-state index contributed by atoms with van der Waals surface area (Å²) in [6.45, 7) is 7.69. The lowest BCUT2D eigenvalue weighted by molar-refractivity contribution is 0.0745. The molecule has 1 fully saturated rings. The van der Waals surface area contributed by atoms with Crippen molar-refractivity contribution in [2.75, 3.05) is 44.2 Å². The number of anilines is 1. The maximum Gasteiger partial charge on any atom is 0.409 e. The average Bonchev–Trinajstić information content (AvgIpc) is 2.78. The summed E-state index contributed by atoms with van der Waals surface area (Å²) in [4.78, 5) is 30.1. The van der Waals surface area contributed by atoms with Crippen molar-refractivity contribution in [2.24, 2.45) is 0 Å². The van der Waals surface area contributed by atoms with E-state index in [0.717, 1.165) is 5.56 Å². The largest absolute Gasteiger partial charge is 0.450 e. The molecule has 0 bridgehead atoms. The van der Waals surface area contributed by atoms with Gasteiger partial charge in [-0.25, -0.2) is 4.79 Å². The second-order valence-electron chi connectivity index (χ2n) is 6.75. The van der Waals surface area contributed by atoms with E-state index < -0.39 is 0 Å². The molecule has 2 heterocycles. The predicted molar refractivity (Wildman–Crippen MR) is 110 cm³/mol. The van der Waals surface area contributed by atoms with Crippen LogP contribution in [0.1, 0.15) is 29.9 Å². The molecule has 2 amide bonds. The molecule has 0 atom stereocenters. The summed E-state index contributed by atoms with van der Waals surface area (Å²) in [6, 6.07) is 13.4. The third kappa shape index (κ3) is 5.22.